The van der Waals surface area contributed by atoms with Crippen molar-refractivity contribution in [2.45, 2.75) is 19.1 Å². The van der Waals surface area contributed by atoms with Gasteiger partial charge in [-0.05, 0) is 24.1 Å². The molecular formula is C19H16ClF4NO5. The van der Waals surface area contributed by atoms with Crippen molar-refractivity contribution in [2.24, 2.45) is 0 Å². The molecule has 0 aliphatic heterocycles. The number of amides is 1. The van der Waals surface area contributed by atoms with E-state index < -0.39 is 53.5 Å². The first-order chi connectivity index (χ1) is 14.2. The summed E-state index contributed by atoms with van der Waals surface area (Å²) in [7, 11) is 0. The van der Waals surface area contributed by atoms with Gasteiger partial charge in [0.25, 0.3) is 0 Å². The van der Waals surface area contributed by atoms with Gasteiger partial charge in [0.1, 0.15) is 6.61 Å². The van der Waals surface area contributed by atoms with E-state index in [1.54, 1.807) is 24.3 Å². The summed E-state index contributed by atoms with van der Waals surface area (Å²) in [5.74, 6) is -9.35. The fraction of sp³-hybridized carbons (Fsp3) is 0.263. The molecule has 1 atom stereocenters. The van der Waals surface area contributed by atoms with Crippen LogP contribution in [-0.2, 0) is 16.1 Å². The summed E-state index contributed by atoms with van der Waals surface area (Å²) in [5, 5.41) is 11.3. The van der Waals surface area contributed by atoms with E-state index in [1.807, 2.05) is 5.32 Å². The Morgan fingerprint density at radius 3 is 2.23 bits per heavy atom. The Bertz CT molecular complexity index is 885. The van der Waals surface area contributed by atoms with E-state index in [9.17, 15) is 27.2 Å². The second kappa shape index (κ2) is 10.8. The van der Waals surface area contributed by atoms with Crippen molar-refractivity contribution in [3.63, 3.8) is 0 Å². The number of Topliss-reactive ketones (excluding diaryl/α,β-unsaturated/α-hetero) is 1. The zero-order valence-corrected chi connectivity index (χ0v) is 16.0. The molecule has 0 radical (unpaired) electrons. The number of hydrogen-bond acceptors (Lipinski definition) is 4. The van der Waals surface area contributed by atoms with Crippen LogP contribution in [0, 0.1) is 23.3 Å². The smallest absolute Gasteiger partial charge is 0.405 e. The lowest BCUT2D eigenvalue weighted by Gasteiger charge is -2.17. The largest absolute Gasteiger partial charge is 0.479 e. The van der Waals surface area contributed by atoms with Crippen molar-refractivity contribution in [3.8, 4) is 5.75 Å². The predicted octanol–water partition coefficient (Wildman–Crippen LogP) is 4.09. The van der Waals surface area contributed by atoms with Crippen molar-refractivity contribution in [1.29, 1.82) is 0 Å². The highest BCUT2D eigenvalue weighted by molar-refractivity contribution is 6.30. The number of hydrogen-bond donors (Lipinski definition) is 2. The molecule has 0 saturated carbocycles. The number of ether oxygens (including phenoxy) is 2. The van der Waals surface area contributed by atoms with Gasteiger partial charge in [-0.1, -0.05) is 23.7 Å². The Kier molecular flexibility index (Phi) is 8.43. The summed E-state index contributed by atoms with van der Waals surface area (Å²) in [5.41, 5.74) is 0.788. The summed E-state index contributed by atoms with van der Waals surface area (Å²) >= 11 is 5.77. The van der Waals surface area contributed by atoms with Crippen LogP contribution >= 0.6 is 11.6 Å². The van der Waals surface area contributed by atoms with Crippen LogP contribution in [0.5, 0.6) is 5.75 Å². The first-order valence-electron chi connectivity index (χ1n) is 8.49. The van der Waals surface area contributed by atoms with Crippen molar-refractivity contribution < 1.29 is 41.7 Å². The summed E-state index contributed by atoms with van der Waals surface area (Å²) in [6.45, 7) is -0.907. The third-order valence-electron chi connectivity index (χ3n) is 3.85. The molecule has 2 N–H and O–H groups in total. The van der Waals surface area contributed by atoms with Gasteiger partial charge in [-0.3, -0.25) is 4.79 Å². The molecule has 0 heterocycles. The maximum absolute atomic E-state index is 13.6. The summed E-state index contributed by atoms with van der Waals surface area (Å²) < 4.78 is 63.5. The first-order valence-corrected chi connectivity index (χ1v) is 8.87. The molecule has 0 aromatic heterocycles. The fourth-order valence-electron chi connectivity index (χ4n) is 2.36. The van der Waals surface area contributed by atoms with E-state index in [0.717, 1.165) is 5.56 Å². The van der Waals surface area contributed by atoms with Crippen LogP contribution in [-0.4, -0.2) is 36.2 Å². The second-order valence-electron chi connectivity index (χ2n) is 6.02. The summed E-state index contributed by atoms with van der Waals surface area (Å²) in [4.78, 5) is 23.1. The molecule has 30 heavy (non-hydrogen) atoms. The Morgan fingerprint density at radius 2 is 1.67 bits per heavy atom. The topological polar surface area (TPSA) is 84.9 Å². The van der Waals surface area contributed by atoms with Gasteiger partial charge < -0.3 is 19.9 Å². The quantitative estimate of drug-likeness (QED) is 0.324. The van der Waals surface area contributed by atoms with E-state index >= 15 is 0 Å². The monoisotopic (exact) mass is 449 g/mol. The molecule has 2 aromatic carbocycles. The van der Waals surface area contributed by atoms with Gasteiger partial charge >= 0.3 is 6.09 Å². The Hall–Kier alpha value is -2.85. The Labute approximate surface area is 173 Å². The highest BCUT2D eigenvalue weighted by Crippen LogP contribution is 2.26. The molecule has 0 unspecified atom stereocenters. The van der Waals surface area contributed by atoms with Crippen LogP contribution < -0.4 is 10.1 Å². The first kappa shape index (κ1) is 23.4. The molecular weight excluding hydrogens is 434 g/mol. The van der Waals surface area contributed by atoms with Gasteiger partial charge in [0.2, 0.25) is 11.6 Å². The van der Waals surface area contributed by atoms with Gasteiger partial charge in [-0.2, -0.15) is 8.78 Å². The molecule has 162 valence electrons. The third-order valence-corrected chi connectivity index (χ3v) is 4.10. The minimum atomic E-state index is -1.81. The fourth-order valence-corrected chi connectivity index (χ4v) is 2.48. The molecule has 0 aliphatic carbocycles. The lowest BCUT2D eigenvalue weighted by atomic mass is 10.1. The molecule has 0 saturated heterocycles. The lowest BCUT2D eigenvalue weighted by Crippen LogP contribution is -2.43. The SMILES string of the molecule is O=C(O)N[C@@H](CCOCc1ccc(Cl)cc1)C(=O)COc1c(F)c(F)cc(F)c1F. The zero-order valence-electron chi connectivity index (χ0n) is 15.3. The van der Waals surface area contributed by atoms with Gasteiger partial charge in [0.15, 0.2) is 23.2 Å². The summed E-state index contributed by atoms with van der Waals surface area (Å²) in [6.07, 6.45) is -1.65. The van der Waals surface area contributed by atoms with E-state index in [1.165, 1.54) is 0 Å². The van der Waals surface area contributed by atoms with E-state index in [4.69, 9.17) is 21.4 Å². The van der Waals surface area contributed by atoms with Gasteiger partial charge in [-0.15, -0.1) is 0 Å². The zero-order chi connectivity index (χ0) is 22.3. The maximum atomic E-state index is 13.6. The molecule has 11 heteroatoms. The number of rotatable bonds is 10. The summed E-state index contributed by atoms with van der Waals surface area (Å²) in [6, 6.07) is 5.40. The van der Waals surface area contributed by atoms with Gasteiger partial charge in [0, 0.05) is 17.7 Å². The Balaban J connectivity index is 1.93. The van der Waals surface area contributed by atoms with Crippen molar-refractivity contribution in [1.82, 2.24) is 5.32 Å². The van der Waals surface area contributed by atoms with Crippen molar-refractivity contribution in [2.75, 3.05) is 13.2 Å². The molecule has 0 bridgehead atoms. The van der Waals surface area contributed by atoms with Crippen LogP contribution in [0.2, 0.25) is 5.02 Å². The molecule has 2 rings (SSSR count). The van der Waals surface area contributed by atoms with Crippen LogP contribution in [0.25, 0.3) is 0 Å². The average Bonchev–Trinajstić information content (AvgIpc) is 2.69. The van der Waals surface area contributed by atoms with Crippen LogP contribution in [0.4, 0.5) is 22.4 Å². The molecule has 0 fully saturated rings. The standard InChI is InChI=1S/C19H16ClF4NO5/c20-11-3-1-10(2-4-11)8-29-6-5-14(25-19(27)28)15(26)9-30-18-16(23)12(21)7-13(22)17(18)24/h1-4,7,14,25H,5-6,8-9H2,(H,27,28)/t14-/m0/s1. The van der Waals surface area contributed by atoms with Crippen molar-refractivity contribution in [3.05, 3.63) is 64.2 Å². The Morgan fingerprint density at radius 1 is 1.07 bits per heavy atom. The number of carbonyl (C=O) groups excluding carboxylic acids is 1. The number of carboxylic acid groups (broad SMARTS) is 1. The third kappa shape index (κ3) is 6.60. The highest BCUT2D eigenvalue weighted by Gasteiger charge is 2.25. The number of carbonyl (C=O) groups is 2. The van der Waals surface area contributed by atoms with Gasteiger partial charge in [0.05, 0.1) is 12.6 Å². The normalized spacial score (nSPS) is 11.8. The van der Waals surface area contributed by atoms with Crippen LogP contribution in [0.15, 0.2) is 30.3 Å². The molecule has 1 amide bonds. The molecule has 0 aliphatic rings. The van der Waals surface area contributed by atoms with Gasteiger partial charge in [-0.25, -0.2) is 13.6 Å². The average molecular weight is 450 g/mol. The second-order valence-corrected chi connectivity index (χ2v) is 6.46. The van der Waals surface area contributed by atoms with Crippen molar-refractivity contribution >= 4 is 23.5 Å². The van der Waals surface area contributed by atoms with E-state index in [2.05, 4.69) is 4.74 Å². The number of benzene rings is 2. The molecule has 6 nitrogen and oxygen atoms in total. The minimum Gasteiger partial charge on any atom is -0.479 e. The van der Waals surface area contributed by atoms with E-state index in [-0.39, 0.29) is 25.7 Å². The number of ketones is 1. The highest BCUT2D eigenvalue weighted by atomic mass is 35.5. The minimum absolute atomic E-state index is 0.00778. The predicted molar refractivity (Wildman–Crippen MR) is 97.4 cm³/mol. The number of halogens is 5. The maximum Gasteiger partial charge on any atom is 0.405 e. The van der Waals surface area contributed by atoms with Crippen LogP contribution in [0.3, 0.4) is 0 Å². The van der Waals surface area contributed by atoms with Crippen LogP contribution in [0.1, 0.15) is 12.0 Å². The van der Waals surface area contributed by atoms with E-state index in [0.29, 0.717) is 5.02 Å². The number of nitrogens with one attached hydrogen (secondary N) is 1. The molecule has 0 spiro atoms. The lowest BCUT2D eigenvalue weighted by molar-refractivity contribution is -0.123. The molecule has 2 aromatic rings.